The molecule has 0 spiro atoms. The maximum atomic E-state index is 12.5. The fraction of sp³-hybridized carbons (Fsp3) is 0.333. The fourth-order valence-corrected chi connectivity index (χ4v) is 2.49. The van der Waals surface area contributed by atoms with E-state index in [4.69, 9.17) is 4.42 Å². The summed E-state index contributed by atoms with van der Waals surface area (Å²) in [5.41, 5.74) is -0.775. The van der Waals surface area contributed by atoms with Crippen LogP contribution in [-0.2, 0) is 6.18 Å². The minimum absolute atomic E-state index is 0.100. The van der Waals surface area contributed by atoms with Crippen molar-refractivity contribution in [3.63, 3.8) is 0 Å². The van der Waals surface area contributed by atoms with Crippen LogP contribution in [0.5, 0.6) is 0 Å². The van der Waals surface area contributed by atoms with E-state index in [1.54, 1.807) is 12.1 Å². The van der Waals surface area contributed by atoms with Crippen molar-refractivity contribution in [2.24, 2.45) is 0 Å². The summed E-state index contributed by atoms with van der Waals surface area (Å²) in [4.78, 5) is 17.6. The number of carbonyl (C=O) groups excluding carboxylic acids is 1. The van der Waals surface area contributed by atoms with E-state index in [1.165, 1.54) is 12.3 Å². The predicted molar refractivity (Wildman–Crippen MR) is 76.0 cm³/mol. The number of halogens is 3. The van der Waals surface area contributed by atoms with Crippen molar-refractivity contribution < 1.29 is 22.4 Å². The van der Waals surface area contributed by atoms with Gasteiger partial charge >= 0.3 is 6.18 Å². The largest absolute Gasteiger partial charge is 0.459 e. The summed E-state index contributed by atoms with van der Waals surface area (Å²) < 4.78 is 42.6. The molecule has 1 fully saturated rings. The van der Waals surface area contributed by atoms with Gasteiger partial charge in [-0.2, -0.15) is 13.2 Å². The molecule has 1 atom stereocenters. The minimum atomic E-state index is -4.39. The third-order valence-corrected chi connectivity index (χ3v) is 3.67. The van der Waals surface area contributed by atoms with Gasteiger partial charge in [0.05, 0.1) is 11.8 Å². The van der Waals surface area contributed by atoms with E-state index >= 15 is 0 Å². The quantitative estimate of drug-likeness (QED) is 0.943. The van der Waals surface area contributed by atoms with E-state index in [0.717, 1.165) is 12.3 Å². The maximum absolute atomic E-state index is 12.5. The van der Waals surface area contributed by atoms with Gasteiger partial charge in [-0.15, -0.1) is 0 Å². The number of alkyl halides is 3. The van der Waals surface area contributed by atoms with Crippen LogP contribution >= 0.6 is 0 Å². The number of pyridine rings is 1. The molecule has 3 rings (SSSR count). The van der Waals surface area contributed by atoms with Crippen molar-refractivity contribution in [1.82, 2.24) is 10.3 Å². The number of furan rings is 1. The average molecular weight is 325 g/mol. The van der Waals surface area contributed by atoms with Gasteiger partial charge in [-0.05, 0) is 30.7 Å². The Morgan fingerprint density at radius 2 is 2.17 bits per heavy atom. The van der Waals surface area contributed by atoms with Gasteiger partial charge in [-0.1, -0.05) is 0 Å². The Labute approximate surface area is 130 Å². The zero-order chi connectivity index (χ0) is 16.4. The van der Waals surface area contributed by atoms with E-state index < -0.39 is 11.7 Å². The van der Waals surface area contributed by atoms with Gasteiger partial charge in [0, 0.05) is 25.3 Å². The Kier molecular flexibility index (Phi) is 3.97. The molecule has 23 heavy (non-hydrogen) atoms. The van der Waals surface area contributed by atoms with Gasteiger partial charge in [-0.3, -0.25) is 4.79 Å². The van der Waals surface area contributed by atoms with Crippen LogP contribution in [-0.4, -0.2) is 30.0 Å². The third kappa shape index (κ3) is 3.46. The SMILES string of the molecule is O=C(NC1CCN(c2ccc(C(F)(F)F)cn2)C1)c1ccco1. The molecular formula is C15H14F3N3O2. The first-order valence-electron chi connectivity index (χ1n) is 7.06. The fourth-order valence-electron chi connectivity index (χ4n) is 2.49. The zero-order valence-corrected chi connectivity index (χ0v) is 12.0. The Balaban J connectivity index is 1.60. The lowest BCUT2D eigenvalue weighted by molar-refractivity contribution is -0.137. The van der Waals surface area contributed by atoms with Crippen molar-refractivity contribution in [3.8, 4) is 0 Å². The van der Waals surface area contributed by atoms with E-state index in [2.05, 4.69) is 10.3 Å². The molecule has 1 amide bonds. The average Bonchev–Trinajstić information content (AvgIpc) is 3.18. The number of hydrogen-bond donors (Lipinski definition) is 1. The first-order chi connectivity index (χ1) is 10.9. The number of aromatic nitrogens is 1. The highest BCUT2D eigenvalue weighted by Crippen LogP contribution is 2.29. The summed E-state index contributed by atoms with van der Waals surface area (Å²) >= 11 is 0. The third-order valence-electron chi connectivity index (χ3n) is 3.67. The Morgan fingerprint density at radius 3 is 2.78 bits per heavy atom. The molecule has 1 unspecified atom stereocenters. The summed E-state index contributed by atoms with van der Waals surface area (Å²) in [7, 11) is 0. The van der Waals surface area contributed by atoms with Gasteiger partial charge in [0.1, 0.15) is 5.82 Å². The first-order valence-corrected chi connectivity index (χ1v) is 7.06. The smallest absolute Gasteiger partial charge is 0.417 e. The van der Waals surface area contributed by atoms with Gasteiger partial charge in [0.15, 0.2) is 5.76 Å². The first kappa shape index (κ1) is 15.4. The normalized spacial score (nSPS) is 18.2. The summed E-state index contributed by atoms with van der Waals surface area (Å²) in [6, 6.07) is 5.45. The molecule has 1 N–H and O–H groups in total. The predicted octanol–water partition coefficient (Wildman–Crippen LogP) is 2.70. The highest BCUT2D eigenvalue weighted by atomic mass is 19.4. The Morgan fingerprint density at radius 1 is 1.35 bits per heavy atom. The molecule has 122 valence electrons. The van der Waals surface area contributed by atoms with Crippen LogP contribution < -0.4 is 10.2 Å². The molecule has 0 aliphatic carbocycles. The molecular weight excluding hydrogens is 311 g/mol. The standard InChI is InChI=1S/C15H14F3N3O2/c16-15(17,18)10-3-4-13(19-8-10)21-6-5-11(9-21)20-14(22)12-2-1-7-23-12/h1-4,7-8,11H,5-6,9H2,(H,20,22). The van der Waals surface area contributed by atoms with Gasteiger partial charge in [-0.25, -0.2) is 4.98 Å². The van der Waals surface area contributed by atoms with Crippen LogP contribution in [0.25, 0.3) is 0 Å². The van der Waals surface area contributed by atoms with Crippen LogP contribution in [0.1, 0.15) is 22.5 Å². The number of carbonyl (C=O) groups is 1. The lowest BCUT2D eigenvalue weighted by atomic mass is 10.2. The van der Waals surface area contributed by atoms with Crippen LogP contribution in [0.15, 0.2) is 41.1 Å². The highest BCUT2D eigenvalue weighted by molar-refractivity contribution is 5.91. The van der Waals surface area contributed by atoms with Crippen LogP contribution in [0.2, 0.25) is 0 Å². The van der Waals surface area contributed by atoms with Crippen molar-refractivity contribution in [3.05, 3.63) is 48.0 Å². The molecule has 8 heteroatoms. The van der Waals surface area contributed by atoms with Crippen molar-refractivity contribution in [1.29, 1.82) is 0 Å². The van der Waals surface area contributed by atoms with Crippen molar-refractivity contribution in [2.75, 3.05) is 18.0 Å². The molecule has 1 saturated heterocycles. The molecule has 5 nitrogen and oxygen atoms in total. The number of nitrogens with one attached hydrogen (secondary N) is 1. The molecule has 0 radical (unpaired) electrons. The van der Waals surface area contributed by atoms with Crippen LogP contribution in [0.3, 0.4) is 0 Å². The molecule has 0 aromatic carbocycles. The molecule has 0 saturated carbocycles. The minimum Gasteiger partial charge on any atom is -0.459 e. The maximum Gasteiger partial charge on any atom is 0.417 e. The summed E-state index contributed by atoms with van der Waals surface area (Å²) in [5, 5.41) is 2.83. The van der Waals surface area contributed by atoms with Gasteiger partial charge in [0.25, 0.3) is 5.91 Å². The molecule has 2 aromatic heterocycles. The van der Waals surface area contributed by atoms with Crippen molar-refractivity contribution >= 4 is 11.7 Å². The summed E-state index contributed by atoms with van der Waals surface area (Å²) in [6.07, 6.45) is -1.46. The van der Waals surface area contributed by atoms with E-state index in [-0.39, 0.29) is 17.7 Å². The second-order valence-electron chi connectivity index (χ2n) is 5.29. The second-order valence-corrected chi connectivity index (χ2v) is 5.29. The number of hydrogen-bond acceptors (Lipinski definition) is 4. The number of anilines is 1. The Hall–Kier alpha value is -2.51. The van der Waals surface area contributed by atoms with Crippen molar-refractivity contribution in [2.45, 2.75) is 18.6 Å². The summed E-state index contributed by atoms with van der Waals surface area (Å²) in [5.74, 6) is 0.395. The number of nitrogens with zero attached hydrogens (tertiary/aromatic N) is 2. The lowest BCUT2D eigenvalue weighted by Crippen LogP contribution is -2.37. The van der Waals surface area contributed by atoms with E-state index in [0.29, 0.717) is 25.3 Å². The molecule has 1 aliphatic heterocycles. The van der Waals surface area contributed by atoms with Crippen LogP contribution in [0.4, 0.5) is 19.0 Å². The van der Waals surface area contributed by atoms with Crippen LogP contribution in [0, 0.1) is 0 Å². The van der Waals surface area contributed by atoms with E-state index in [9.17, 15) is 18.0 Å². The van der Waals surface area contributed by atoms with E-state index in [1.807, 2.05) is 4.90 Å². The second kappa shape index (κ2) is 5.94. The monoisotopic (exact) mass is 325 g/mol. The zero-order valence-electron chi connectivity index (χ0n) is 12.0. The molecule has 0 bridgehead atoms. The molecule has 2 aromatic rings. The van der Waals surface area contributed by atoms with Gasteiger partial charge in [0.2, 0.25) is 0 Å². The molecule has 1 aliphatic rings. The lowest BCUT2D eigenvalue weighted by Gasteiger charge is -2.18. The van der Waals surface area contributed by atoms with Gasteiger partial charge < -0.3 is 14.6 Å². The molecule has 3 heterocycles. The Bertz CT molecular complexity index is 668. The summed E-state index contributed by atoms with van der Waals surface area (Å²) in [6.45, 7) is 1.10. The highest BCUT2D eigenvalue weighted by Gasteiger charge is 2.31. The number of rotatable bonds is 3. The number of amides is 1. The topological polar surface area (TPSA) is 58.4 Å².